The molecule has 2 aromatic carbocycles. The van der Waals surface area contributed by atoms with Gasteiger partial charge in [0.1, 0.15) is 16.8 Å². The second kappa shape index (κ2) is 10.3. The fourth-order valence-corrected chi connectivity index (χ4v) is 4.52. The van der Waals surface area contributed by atoms with Crippen molar-refractivity contribution in [1.29, 1.82) is 0 Å². The van der Waals surface area contributed by atoms with Crippen molar-refractivity contribution >= 4 is 40.8 Å². The highest BCUT2D eigenvalue weighted by Gasteiger charge is 2.18. The van der Waals surface area contributed by atoms with Gasteiger partial charge >= 0.3 is 0 Å². The minimum Gasteiger partial charge on any atom is -0.356 e. The van der Waals surface area contributed by atoms with Gasteiger partial charge in [0.15, 0.2) is 5.16 Å². The van der Waals surface area contributed by atoms with Gasteiger partial charge in [0.2, 0.25) is 0 Å². The Morgan fingerprint density at radius 3 is 2.50 bits per heavy atom. The number of hydrogen-bond donors (Lipinski definition) is 1. The highest BCUT2D eigenvalue weighted by atomic mass is 35.5. The van der Waals surface area contributed by atoms with E-state index in [1.807, 2.05) is 18.2 Å². The Morgan fingerprint density at radius 2 is 1.81 bits per heavy atom. The summed E-state index contributed by atoms with van der Waals surface area (Å²) in [6, 6.07) is 14.9. The molecule has 0 saturated carbocycles. The number of aromatic nitrogens is 2. The minimum absolute atomic E-state index is 0.241. The summed E-state index contributed by atoms with van der Waals surface area (Å²) in [5, 5.41) is 3.85. The summed E-state index contributed by atoms with van der Waals surface area (Å²) in [6.45, 7) is 4.25. The Kier molecular flexibility index (Phi) is 7.27. The molecule has 0 aliphatic carbocycles. The molecule has 0 radical (unpaired) electrons. The standard InChI is InChI=1S/C24H24ClFN4OS/c1-16-10-12-30(13-11-16)22-14-21(25)28-24(29-22)32-15-17-2-4-18(5-3-17)23(31)27-20-8-6-19(26)7-9-20/h2-9,14,16H,10-13,15H2,1H3,(H,27,31). The fraction of sp³-hybridized carbons (Fsp3) is 0.292. The van der Waals surface area contributed by atoms with Crippen LogP contribution < -0.4 is 10.2 Å². The van der Waals surface area contributed by atoms with Crippen LogP contribution in [0, 0.1) is 11.7 Å². The van der Waals surface area contributed by atoms with Crippen molar-refractivity contribution in [1.82, 2.24) is 9.97 Å². The monoisotopic (exact) mass is 470 g/mol. The summed E-state index contributed by atoms with van der Waals surface area (Å²) < 4.78 is 13.0. The fourth-order valence-electron chi connectivity index (χ4n) is 3.49. The van der Waals surface area contributed by atoms with Crippen molar-refractivity contribution in [3.8, 4) is 0 Å². The first kappa shape index (κ1) is 22.6. The van der Waals surface area contributed by atoms with Crippen LogP contribution >= 0.6 is 23.4 Å². The zero-order chi connectivity index (χ0) is 22.5. The molecular weight excluding hydrogens is 447 g/mol. The lowest BCUT2D eigenvalue weighted by Gasteiger charge is -2.31. The number of thioether (sulfide) groups is 1. The highest BCUT2D eigenvalue weighted by Crippen LogP contribution is 2.27. The average molecular weight is 471 g/mol. The molecule has 1 aliphatic heterocycles. The predicted molar refractivity (Wildman–Crippen MR) is 128 cm³/mol. The van der Waals surface area contributed by atoms with E-state index in [1.54, 1.807) is 12.1 Å². The summed E-state index contributed by atoms with van der Waals surface area (Å²) in [7, 11) is 0. The second-order valence-electron chi connectivity index (χ2n) is 7.95. The van der Waals surface area contributed by atoms with Crippen molar-refractivity contribution < 1.29 is 9.18 Å². The first-order valence-corrected chi connectivity index (χ1v) is 11.9. The third kappa shape index (κ3) is 5.99. The number of halogens is 2. The van der Waals surface area contributed by atoms with E-state index in [9.17, 15) is 9.18 Å². The Bertz CT molecular complexity index is 1070. The number of anilines is 2. The Morgan fingerprint density at radius 1 is 1.12 bits per heavy atom. The van der Waals surface area contributed by atoms with Gasteiger partial charge in [-0.15, -0.1) is 0 Å². The second-order valence-corrected chi connectivity index (χ2v) is 9.28. The molecule has 0 atom stereocenters. The number of carbonyl (C=O) groups excluding carboxylic acids is 1. The normalized spacial score (nSPS) is 14.4. The summed E-state index contributed by atoms with van der Waals surface area (Å²) >= 11 is 7.77. The third-order valence-corrected chi connectivity index (χ3v) is 6.57. The zero-order valence-electron chi connectivity index (χ0n) is 17.7. The van der Waals surface area contributed by atoms with Gasteiger partial charge in [-0.1, -0.05) is 42.4 Å². The summed E-state index contributed by atoms with van der Waals surface area (Å²) in [4.78, 5) is 23.7. The third-order valence-electron chi connectivity index (χ3n) is 5.45. The van der Waals surface area contributed by atoms with Gasteiger partial charge in [0.05, 0.1) is 0 Å². The van der Waals surface area contributed by atoms with Crippen molar-refractivity contribution in [2.75, 3.05) is 23.3 Å². The number of piperidine rings is 1. The largest absolute Gasteiger partial charge is 0.356 e. The van der Waals surface area contributed by atoms with Crippen LogP contribution in [0.5, 0.6) is 0 Å². The molecular formula is C24H24ClFN4OS. The molecule has 0 spiro atoms. The SMILES string of the molecule is CC1CCN(c2cc(Cl)nc(SCc3ccc(C(=O)Nc4ccc(F)cc4)cc3)n2)CC1. The Hall–Kier alpha value is -2.64. The van der Waals surface area contributed by atoms with Gasteiger partial charge < -0.3 is 10.2 Å². The Balaban J connectivity index is 1.36. The number of hydrogen-bond acceptors (Lipinski definition) is 5. The molecule has 0 unspecified atom stereocenters. The van der Waals surface area contributed by atoms with Crippen LogP contribution in [0.3, 0.4) is 0 Å². The van der Waals surface area contributed by atoms with Gasteiger partial charge in [-0.25, -0.2) is 14.4 Å². The topological polar surface area (TPSA) is 58.1 Å². The van der Waals surface area contributed by atoms with Gasteiger partial charge in [-0.2, -0.15) is 0 Å². The molecule has 4 rings (SSSR count). The summed E-state index contributed by atoms with van der Waals surface area (Å²) in [5.41, 5.74) is 2.13. The maximum absolute atomic E-state index is 13.0. The van der Waals surface area contributed by atoms with Crippen LogP contribution in [-0.2, 0) is 5.75 Å². The van der Waals surface area contributed by atoms with E-state index in [-0.39, 0.29) is 11.7 Å². The van der Waals surface area contributed by atoms with E-state index in [0.29, 0.717) is 27.3 Å². The van der Waals surface area contributed by atoms with Gasteiger partial charge in [0, 0.05) is 36.2 Å². The van der Waals surface area contributed by atoms with Crippen LogP contribution in [0.15, 0.2) is 59.8 Å². The molecule has 1 aromatic heterocycles. The summed E-state index contributed by atoms with van der Waals surface area (Å²) in [5.74, 6) is 1.71. The molecule has 3 aromatic rings. The van der Waals surface area contributed by atoms with E-state index >= 15 is 0 Å². The lowest BCUT2D eigenvalue weighted by Crippen LogP contribution is -2.33. The molecule has 1 amide bonds. The van der Waals surface area contributed by atoms with Crippen molar-refractivity contribution in [2.45, 2.75) is 30.7 Å². The first-order valence-electron chi connectivity index (χ1n) is 10.5. The molecule has 1 N–H and O–H groups in total. The number of nitrogens with zero attached hydrogens (tertiary/aromatic N) is 3. The van der Waals surface area contributed by atoms with Crippen molar-refractivity contribution in [3.63, 3.8) is 0 Å². The van der Waals surface area contributed by atoms with E-state index in [2.05, 4.69) is 22.1 Å². The van der Waals surface area contributed by atoms with Gasteiger partial charge in [-0.3, -0.25) is 4.79 Å². The van der Waals surface area contributed by atoms with Crippen LogP contribution in [-0.4, -0.2) is 29.0 Å². The molecule has 1 aliphatic rings. The van der Waals surface area contributed by atoms with Crippen LogP contribution in [0.2, 0.25) is 5.15 Å². The molecule has 166 valence electrons. The van der Waals surface area contributed by atoms with E-state index in [0.717, 1.165) is 43.2 Å². The maximum atomic E-state index is 13.0. The number of nitrogens with one attached hydrogen (secondary N) is 1. The van der Waals surface area contributed by atoms with Crippen molar-refractivity contribution in [3.05, 3.63) is 76.7 Å². The molecule has 8 heteroatoms. The number of benzene rings is 2. The number of amides is 1. The lowest BCUT2D eigenvalue weighted by atomic mass is 9.99. The zero-order valence-corrected chi connectivity index (χ0v) is 19.3. The minimum atomic E-state index is -0.341. The molecule has 1 fully saturated rings. The molecule has 32 heavy (non-hydrogen) atoms. The molecule has 0 bridgehead atoms. The van der Waals surface area contributed by atoms with Gasteiger partial charge in [0.25, 0.3) is 5.91 Å². The predicted octanol–water partition coefficient (Wildman–Crippen LogP) is 6.05. The molecule has 1 saturated heterocycles. The molecule has 5 nitrogen and oxygen atoms in total. The van der Waals surface area contributed by atoms with Gasteiger partial charge in [-0.05, 0) is 60.7 Å². The maximum Gasteiger partial charge on any atom is 0.255 e. The number of carbonyl (C=O) groups is 1. The van der Waals surface area contributed by atoms with Crippen LogP contribution in [0.25, 0.3) is 0 Å². The van der Waals surface area contributed by atoms with Crippen molar-refractivity contribution in [2.24, 2.45) is 5.92 Å². The average Bonchev–Trinajstić information content (AvgIpc) is 2.79. The first-order chi connectivity index (χ1) is 15.5. The quantitative estimate of drug-likeness (QED) is 0.270. The Labute approximate surface area is 196 Å². The highest BCUT2D eigenvalue weighted by molar-refractivity contribution is 7.98. The van der Waals surface area contributed by atoms with Crippen LogP contribution in [0.1, 0.15) is 35.7 Å². The smallest absolute Gasteiger partial charge is 0.255 e. The van der Waals surface area contributed by atoms with E-state index in [1.165, 1.54) is 36.0 Å². The van der Waals surface area contributed by atoms with E-state index < -0.39 is 0 Å². The lowest BCUT2D eigenvalue weighted by molar-refractivity contribution is 0.102. The van der Waals surface area contributed by atoms with Crippen LogP contribution in [0.4, 0.5) is 15.9 Å². The number of rotatable bonds is 6. The van der Waals surface area contributed by atoms with E-state index in [4.69, 9.17) is 16.6 Å². The summed E-state index contributed by atoms with van der Waals surface area (Å²) in [6.07, 6.45) is 2.32. The molecule has 2 heterocycles.